The van der Waals surface area contributed by atoms with Crippen LogP contribution in [0.15, 0.2) is 42.5 Å². The predicted octanol–water partition coefficient (Wildman–Crippen LogP) is 4.12. The Bertz CT molecular complexity index is 717. The average Bonchev–Trinajstić information content (AvgIpc) is 2.70. The number of rotatable bonds is 7. The molecule has 0 aliphatic carbocycles. The van der Waals surface area contributed by atoms with Crippen LogP contribution in [0.5, 0.6) is 0 Å². The van der Waals surface area contributed by atoms with E-state index in [1.165, 1.54) is 0 Å². The van der Waals surface area contributed by atoms with Crippen molar-refractivity contribution in [3.05, 3.63) is 48.2 Å². The third-order valence-corrected chi connectivity index (χ3v) is 5.17. The lowest BCUT2D eigenvalue weighted by Crippen LogP contribution is -2.38. The maximum atomic E-state index is 12.2. The molecule has 1 aliphatic rings. The van der Waals surface area contributed by atoms with E-state index in [0.717, 1.165) is 38.0 Å². The molecule has 0 saturated carbocycles. The van der Waals surface area contributed by atoms with Crippen LogP contribution in [0.1, 0.15) is 50.0 Å². The van der Waals surface area contributed by atoms with E-state index in [1.54, 1.807) is 6.07 Å². The van der Waals surface area contributed by atoms with Gasteiger partial charge in [-0.3, -0.25) is 4.79 Å². The van der Waals surface area contributed by atoms with Crippen molar-refractivity contribution in [2.45, 2.75) is 51.7 Å². The summed E-state index contributed by atoms with van der Waals surface area (Å²) in [5, 5.41) is 14.5. The van der Waals surface area contributed by atoms with Gasteiger partial charge in [0.05, 0.1) is 6.10 Å². The number of nitrogens with one attached hydrogen (secondary N) is 2. The van der Waals surface area contributed by atoms with Crippen LogP contribution in [0.3, 0.4) is 0 Å². The lowest BCUT2D eigenvalue weighted by Gasteiger charge is -2.34. The number of hydrogen-bond acceptors (Lipinski definition) is 5. The highest BCUT2D eigenvalue weighted by Crippen LogP contribution is 2.26. The summed E-state index contributed by atoms with van der Waals surface area (Å²) in [5.74, 6) is 1.03. The first-order valence-corrected chi connectivity index (χ1v) is 9.77. The molecule has 0 bridgehead atoms. The number of nitrogens with zero attached hydrogens (tertiary/aromatic N) is 2. The van der Waals surface area contributed by atoms with Gasteiger partial charge in [-0.25, -0.2) is 0 Å². The van der Waals surface area contributed by atoms with E-state index < -0.39 is 0 Å². The first-order valence-electron chi connectivity index (χ1n) is 9.77. The van der Waals surface area contributed by atoms with Crippen molar-refractivity contribution in [1.82, 2.24) is 10.2 Å². The maximum Gasteiger partial charge on any atom is 0.276 e. The number of ether oxygens (including phenoxy) is 1. The highest BCUT2D eigenvalue weighted by Gasteiger charge is 2.27. The van der Waals surface area contributed by atoms with E-state index in [-0.39, 0.29) is 5.91 Å². The molecule has 1 fully saturated rings. The minimum absolute atomic E-state index is 0.264. The van der Waals surface area contributed by atoms with Crippen molar-refractivity contribution in [2.75, 3.05) is 17.2 Å². The van der Waals surface area contributed by atoms with E-state index in [0.29, 0.717) is 29.6 Å². The third kappa shape index (κ3) is 5.26. The Hall–Kier alpha value is -2.47. The fourth-order valence-corrected chi connectivity index (χ4v) is 3.56. The van der Waals surface area contributed by atoms with E-state index in [1.807, 2.05) is 36.4 Å². The van der Waals surface area contributed by atoms with Crippen LogP contribution in [0, 0.1) is 5.92 Å². The summed E-state index contributed by atoms with van der Waals surface area (Å²) in [7, 11) is 0. The van der Waals surface area contributed by atoms with Crippen molar-refractivity contribution >= 4 is 17.4 Å². The van der Waals surface area contributed by atoms with Crippen molar-refractivity contribution in [1.29, 1.82) is 0 Å². The summed E-state index contributed by atoms with van der Waals surface area (Å²) < 4.78 is 5.97. The molecule has 2 atom stereocenters. The molecule has 1 aromatic carbocycles. The highest BCUT2D eigenvalue weighted by atomic mass is 16.5. The smallest absolute Gasteiger partial charge is 0.276 e. The SMILES string of the molecule is CCC(CC)C1CC(Nc2ccc(C(=O)Nc3ccccc3)nn2)CCO1. The van der Waals surface area contributed by atoms with Gasteiger partial charge >= 0.3 is 0 Å². The van der Waals surface area contributed by atoms with Gasteiger partial charge in [-0.2, -0.15) is 0 Å². The van der Waals surface area contributed by atoms with Crippen LogP contribution >= 0.6 is 0 Å². The number of para-hydroxylation sites is 1. The molecule has 1 amide bonds. The monoisotopic (exact) mass is 368 g/mol. The maximum absolute atomic E-state index is 12.2. The van der Waals surface area contributed by atoms with Crippen LogP contribution in [0.25, 0.3) is 0 Å². The number of carbonyl (C=O) groups excluding carboxylic acids is 1. The van der Waals surface area contributed by atoms with Gasteiger partial charge in [0.15, 0.2) is 5.69 Å². The van der Waals surface area contributed by atoms with Crippen LogP contribution in [0.2, 0.25) is 0 Å². The van der Waals surface area contributed by atoms with Gasteiger partial charge in [0, 0.05) is 18.3 Å². The molecule has 2 unspecified atom stereocenters. The molecule has 0 spiro atoms. The Balaban J connectivity index is 1.56. The molecule has 144 valence electrons. The molecule has 6 nitrogen and oxygen atoms in total. The summed E-state index contributed by atoms with van der Waals surface area (Å²) >= 11 is 0. The number of amides is 1. The number of aromatic nitrogens is 2. The molecule has 2 aromatic rings. The number of anilines is 2. The molecule has 2 heterocycles. The second-order valence-electron chi connectivity index (χ2n) is 6.98. The van der Waals surface area contributed by atoms with Crippen LogP contribution in [-0.2, 0) is 4.74 Å². The molecular formula is C21H28N4O2. The lowest BCUT2D eigenvalue weighted by molar-refractivity contribution is -0.0271. The zero-order valence-corrected chi connectivity index (χ0v) is 16.0. The Morgan fingerprint density at radius 1 is 1.15 bits per heavy atom. The van der Waals surface area contributed by atoms with Crippen molar-refractivity contribution in [3.63, 3.8) is 0 Å². The predicted molar refractivity (Wildman–Crippen MR) is 107 cm³/mol. The summed E-state index contributed by atoms with van der Waals surface area (Å²) in [4.78, 5) is 12.2. The minimum Gasteiger partial charge on any atom is -0.378 e. The van der Waals surface area contributed by atoms with E-state index in [4.69, 9.17) is 4.74 Å². The normalized spacial score (nSPS) is 19.7. The fraction of sp³-hybridized carbons (Fsp3) is 0.476. The summed E-state index contributed by atoms with van der Waals surface area (Å²) in [6.45, 7) is 5.21. The summed E-state index contributed by atoms with van der Waals surface area (Å²) in [5.41, 5.74) is 1.03. The van der Waals surface area contributed by atoms with E-state index in [2.05, 4.69) is 34.7 Å². The summed E-state index contributed by atoms with van der Waals surface area (Å²) in [6.07, 6.45) is 4.51. The lowest BCUT2D eigenvalue weighted by atomic mass is 9.89. The molecule has 0 radical (unpaired) electrons. The first-order chi connectivity index (χ1) is 13.2. The number of benzene rings is 1. The van der Waals surface area contributed by atoms with Gasteiger partial charge in [-0.05, 0) is 43.0 Å². The molecular weight excluding hydrogens is 340 g/mol. The molecule has 1 aromatic heterocycles. The van der Waals surface area contributed by atoms with Crippen molar-refractivity contribution in [2.24, 2.45) is 5.92 Å². The Labute approximate surface area is 160 Å². The second-order valence-corrected chi connectivity index (χ2v) is 6.98. The van der Waals surface area contributed by atoms with E-state index >= 15 is 0 Å². The van der Waals surface area contributed by atoms with Gasteiger partial charge < -0.3 is 15.4 Å². The van der Waals surface area contributed by atoms with Crippen molar-refractivity contribution < 1.29 is 9.53 Å². The van der Waals surface area contributed by atoms with Crippen molar-refractivity contribution in [3.8, 4) is 0 Å². The standard InChI is InChI=1S/C21H28N4O2/c1-3-15(4-2)19-14-17(12-13-27-19)22-20-11-10-18(24-25-20)21(26)23-16-8-6-5-7-9-16/h5-11,15,17,19H,3-4,12-14H2,1-2H3,(H,22,25)(H,23,26). The number of carbonyl (C=O) groups is 1. The second kappa shape index (κ2) is 9.46. The largest absolute Gasteiger partial charge is 0.378 e. The van der Waals surface area contributed by atoms with Gasteiger partial charge in [-0.1, -0.05) is 44.9 Å². The summed E-state index contributed by atoms with van der Waals surface area (Å²) in [6, 6.07) is 13.2. The fourth-order valence-electron chi connectivity index (χ4n) is 3.56. The van der Waals surface area contributed by atoms with Crippen LogP contribution in [0.4, 0.5) is 11.5 Å². The quantitative estimate of drug-likeness (QED) is 0.769. The average molecular weight is 368 g/mol. The highest BCUT2D eigenvalue weighted by molar-refractivity contribution is 6.02. The molecule has 2 N–H and O–H groups in total. The van der Waals surface area contributed by atoms with Gasteiger partial charge in [0.25, 0.3) is 5.91 Å². The minimum atomic E-state index is -0.264. The molecule has 3 rings (SSSR count). The Morgan fingerprint density at radius 2 is 1.93 bits per heavy atom. The molecule has 6 heteroatoms. The molecule has 27 heavy (non-hydrogen) atoms. The molecule has 1 aliphatic heterocycles. The van der Waals surface area contributed by atoms with Crippen LogP contribution < -0.4 is 10.6 Å². The first kappa shape index (κ1) is 19.3. The zero-order chi connectivity index (χ0) is 19.1. The van der Waals surface area contributed by atoms with Gasteiger partial charge in [0.2, 0.25) is 0 Å². The van der Waals surface area contributed by atoms with E-state index in [9.17, 15) is 4.79 Å². The Morgan fingerprint density at radius 3 is 2.59 bits per heavy atom. The number of hydrogen-bond donors (Lipinski definition) is 2. The van der Waals surface area contributed by atoms with Crippen LogP contribution in [-0.4, -0.2) is 34.9 Å². The topological polar surface area (TPSA) is 76.1 Å². The zero-order valence-electron chi connectivity index (χ0n) is 16.0. The molecule has 1 saturated heterocycles. The van der Waals surface area contributed by atoms with Gasteiger partial charge in [0.1, 0.15) is 5.82 Å². The van der Waals surface area contributed by atoms with Gasteiger partial charge in [-0.15, -0.1) is 10.2 Å². The third-order valence-electron chi connectivity index (χ3n) is 5.17. The Kier molecular flexibility index (Phi) is 6.76.